The number of hydrogen-bond donors (Lipinski definition) is 2. The monoisotopic (exact) mass is 266 g/mol. The minimum absolute atomic E-state index is 0.0248. The van der Waals surface area contributed by atoms with Crippen LogP contribution in [0.15, 0.2) is 29.3 Å². The molecule has 0 bridgehead atoms. The van der Waals surface area contributed by atoms with Crippen molar-refractivity contribution in [3.05, 3.63) is 24.3 Å². The highest BCUT2D eigenvalue weighted by atomic mass is 16.5. The average molecular weight is 266 g/mol. The molecule has 6 heteroatoms. The number of benzene rings is 1. The quantitative estimate of drug-likeness (QED) is 0.360. The van der Waals surface area contributed by atoms with Crippen molar-refractivity contribution < 1.29 is 9.47 Å². The van der Waals surface area contributed by atoms with Crippen molar-refractivity contribution in [2.24, 2.45) is 10.8 Å². The molecule has 0 fully saturated rings. The largest absolute Gasteiger partial charge is 0.497 e. The number of anilines is 1. The Balaban J connectivity index is 2.84. The summed E-state index contributed by atoms with van der Waals surface area (Å²) >= 11 is 0. The first-order valence-corrected chi connectivity index (χ1v) is 6.03. The molecule has 1 aromatic carbocycles. The minimum Gasteiger partial charge on any atom is -0.497 e. The molecule has 0 spiro atoms. The summed E-state index contributed by atoms with van der Waals surface area (Å²) in [6.07, 6.45) is 0. The number of hydrogen-bond acceptors (Lipinski definition) is 4. The minimum atomic E-state index is 0.0248. The number of hydrazine groups is 1. The van der Waals surface area contributed by atoms with E-state index in [1.807, 2.05) is 43.1 Å². The third kappa shape index (κ3) is 4.42. The number of aliphatic imine (C=N–C) groups is 1. The summed E-state index contributed by atoms with van der Waals surface area (Å²) in [5, 5.41) is 0. The highest BCUT2D eigenvalue weighted by Gasteiger charge is 2.09. The van der Waals surface area contributed by atoms with Crippen LogP contribution in [0.25, 0.3) is 0 Å². The van der Waals surface area contributed by atoms with Gasteiger partial charge in [-0.15, -0.1) is 0 Å². The maximum absolute atomic E-state index is 5.52. The van der Waals surface area contributed by atoms with Gasteiger partial charge < -0.3 is 14.4 Å². The Bertz CT molecular complexity index is 406. The number of methoxy groups -OCH3 is 2. The predicted octanol–water partition coefficient (Wildman–Crippen LogP) is 0.986. The summed E-state index contributed by atoms with van der Waals surface area (Å²) in [4.78, 5) is 6.32. The van der Waals surface area contributed by atoms with Crippen LogP contribution in [0, 0.1) is 0 Å². The number of rotatable bonds is 5. The Morgan fingerprint density at radius 1 is 1.37 bits per heavy atom. The summed E-state index contributed by atoms with van der Waals surface area (Å²) in [6, 6.07) is 7.67. The number of guanidine groups is 1. The van der Waals surface area contributed by atoms with E-state index in [9.17, 15) is 0 Å². The third-order valence-corrected chi connectivity index (χ3v) is 2.66. The lowest BCUT2D eigenvalue weighted by Crippen LogP contribution is -2.43. The molecule has 0 amide bonds. The molecule has 1 rings (SSSR count). The maximum Gasteiger partial charge on any atom is 0.213 e. The van der Waals surface area contributed by atoms with Crippen LogP contribution in [0.5, 0.6) is 5.75 Å². The van der Waals surface area contributed by atoms with Crippen LogP contribution in [0.2, 0.25) is 0 Å². The molecule has 106 valence electrons. The Morgan fingerprint density at radius 2 is 2.00 bits per heavy atom. The van der Waals surface area contributed by atoms with Crippen molar-refractivity contribution in [3.8, 4) is 5.75 Å². The van der Waals surface area contributed by atoms with Crippen LogP contribution < -0.4 is 20.9 Å². The molecule has 0 saturated carbocycles. The zero-order chi connectivity index (χ0) is 14.3. The van der Waals surface area contributed by atoms with Crippen LogP contribution in [-0.2, 0) is 4.74 Å². The molecule has 1 aromatic rings. The molecular formula is C13H22N4O2. The standard InChI is InChI=1S/C13H22N4O2/c1-10(9-18-3)15-13(16-14)17(2)11-5-7-12(19-4)8-6-11/h5-8,10H,9,14H2,1-4H3,(H,15,16). The fourth-order valence-electron chi connectivity index (χ4n) is 1.64. The van der Waals surface area contributed by atoms with Crippen LogP contribution >= 0.6 is 0 Å². The predicted molar refractivity (Wildman–Crippen MR) is 77.5 cm³/mol. The van der Waals surface area contributed by atoms with E-state index in [1.165, 1.54) is 0 Å². The van der Waals surface area contributed by atoms with E-state index in [0.29, 0.717) is 12.6 Å². The third-order valence-electron chi connectivity index (χ3n) is 2.66. The zero-order valence-electron chi connectivity index (χ0n) is 11.9. The summed E-state index contributed by atoms with van der Waals surface area (Å²) in [7, 11) is 5.17. The topological polar surface area (TPSA) is 72.1 Å². The highest BCUT2D eigenvalue weighted by Crippen LogP contribution is 2.18. The second kappa shape index (κ2) is 7.60. The molecule has 0 heterocycles. The second-order valence-corrected chi connectivity index (χ2v) is 4.16. The van der Waals surface area contributed by atoms with E-state index in [4.69, 9.17) is 15.3 Å². The fourth-order valence-corrected chi connectivity index (χ4v) is 1.64. The molecule has 19 heavy (non-hydrogen) atoms. The zero-order valence-corrected chi connectivity index (χ0v) is 11.9. The van der Waals surface area contributed by atoms with E-state index in [1.54, 1.807) is 14.2 Å². The van der Waals surface area contributed by atoms with Crippen LogP contribution in [-0.4, -0.2) is 39.9 Å². The van der Waals surface area contributed by atoms with Crippen LogP contribution in [0.4, 0.5) is 5.69 Å². The van der Waals surface area contributed by atoms with Crippen molar-refractivity contribution >= 4 is 11.6 Å². The second-order valence-electron chi connectivity index (χ2n) is 4.16. The van der Waals surface area contributed by atoms with Gasteiger partial charge in [-0.05, 0) is 31.2 Å². The molecule has 0 aliphatic heterocycles. The van der Waals surface area contributed by atoms with Crippen molar-refractivity contribution in [1.29, 1.82) is 0 Å². The van der Waals surface area contributed by atoms with Gasteiger partial charge in [0.25, 0.3) is 0 Å². The summed E-state index contributed by atoms with van der Waals surface area (Å²) in [6.45, 7) is 2.50. The van der Waals surface area contributed by atoms with Gasteiger partial charge in [-0.3, -0.25) is 5.43 Å². The van der Waals surface area contributed by atoms with Crippen molar-refractivity contribution in [1.82, 2.24) is 5.43 Å². The van der Waals surface area contributed by atoms with E-state index in [0.717, 1.165) is 11.4 Å². The first-order valence-electron chi connectivity index (χ1n) is 6.03. The van der Waals surface area contributed by atoms with Gasteiger partial charge in [0.05, 0.1) is 19.8 Å². The molecule has 0 radical (unpaired) electrons. The fraction of sp³-hybridized carbons (Fsp3) is 0.462. The molecule has 1 atom stereocenters. The Morgan fingerprint density at radius 3 is 2.47 bits per heavy atom. The van der Waals surface area contributed by atoms with E-state index in [2.05, 4.69) is 10.4 Å². The molecule has 6 nitrogen and oxygen atoms in total. The lowest BCUT2D eigenvalue weighted by molar-refractivity contribution is 0.185. The Labute approximate surface area is 114 Å². The number of ether oxygens (including phenoxy) is 2. The van der Waals surface area contributed by atoms with Gasteiger partial charge in [0.15, 0.2) is 0 Å². The molecule has 0 saturated heterocycles. The molecule has 0 aliphatic carbocycles. The van der Waals surface area contributed by atoms with Gasteiger partial charge in [0.1, 0.15) is 5.75 Å². The van der Waals surface area contributed by atoms with Gasteiger partial charge in [0.2, 0.25) is 5.96 Å². The van der Waals surface area contributed by atoms with Gasteiger partial charge in [0, 0.05) is 19.8 Å². The van der Waals surface area contributed by atoms with Gasteiger partial charge >= 0.3 is 0 Å². The maximum atomic E-state index is 5.52. The number of nitrogens with one attached hydrogen (secondary N) is 1. The molecule has 3 N–H and O–H groups in total. The molecule has 0 aromatic heterocycles. The van der Waals surface area contributed by atoms with Crippen LogP contribution in [0.3, 0.4) is 0 Å². The van der Waals surface area contributed by atoms with Gasteiger partial charge in [-0.2, -0.15) is 0 Å². The van der Waals surface area contributed by atoms with Crippen LogP contribution in [0.1, 0.15) is 6.92 Å². The smallest absolute Gasteiger partial charge is 0.213 e. The van der Waals surface area contributed by atoms with E-state index >= 15 is 0 Å². The van der Waals surface area contributed by atoms with Crippen molar-refractivity contribution in [3.63, 3.8) is 0 Å². The van der Waals surface area contributed by atoms with Gasteiger partial charge in [-0.25, -0.2) is 10.8 Å². The van der Waals surface area contributed by atoms with Crippen molar-refractivity contribution in [2.45, 2.75) is 13.0 Å². The van der Waals surface area contributed by atoms with E-state index in [-0.39, 0.29) is 6.04 Å². The number of nitrogens with two attached hydrogens (primary N) is 1. The first-order chi connectivity index (χ1) is 9.12. The molecular weight excluding hydrogens is 244 g/mol. The van der Waals surface area contributed by atoms with Gasteiger partial charge in [-0.1, -0.05) is 0 Å². The normalized spacial score (nSPS) is 13.0. The SMILES string of the molecule is COCC(C)N=C(NN)N(C)c1ccc(OC)cc1. The molecule has 0 aliphatic rings. The summed E-state index contributed by atoms with van der Waals surface area (Å²) in [5.41, 5.74) is 3.57. The number of nitrogens with zero attached hydrogens (tertiary/aromatic N) is 2. The van der Waals surface area contributed by atoms with Crippen molar-refractivity contribution in [2.75, 3.05) is 32.8 Å². The lowest BCUT2D eigenvalue weighted by atomic mass is 10.3. The Hall–Kier alpha value is -1.79. The molecule has 1 unspecified atom stereocenters. The lowest BCUT2D eigenvalue weighted by Gasteiger charge is -2.22. The summed E-state index contributed by atoms with van der Waals surface area (Å²) < 4.78 is 10.2. The Kier molecular flexibility index (Phi) is 6.11. The highest BCUT2D eigenvalue weighted by molar-refractivity contribution is 5.95. The average Bonchev–Trinajstić information content (AvgIpc) is 2.44. The summed E-state index contributed by atoms with van der Waals surface area (Å²) in [5.74, 6) is 6.91. The first kappa shape index (κ1) is 15.3. The van der Waals surface area contributed by atoms with E-state index < -0.39 is 0 Å².